The first-order valence-corrected chi connectivity index (χ1v) is 9.87. The van der Waals surface area contributed by atoms with Crippen molar-refractivity contribution in [1.82, 2.24) is 10.2 Å². The van der Waals surface area contributed by atoms with Crippen LogP contribution in [0.4, 0.5) is 0 Å². The zero-order valence-corrected chi connectivity index (χ0v) is 13.9. The molecular weight excluding hydrogens is 292 g/mol. The summed E-state index contributed by atoms with van der Waals surface area (Å²) < 4.78 is 23.2. The minimum absolute atomic E-state index is 0.123. The first-order chi connectivity index (χ1) is 9.50. The zero-order chi connectivity index (χ0) is 14.6. The SMILES string of the molecule is CCCNCc1ccc(CN2CCS(=O)(=O)CC2C)s1. The molecule has 1 aromatic rings. The lowest BCUT2D eigenvalue weighted by molar-refractivity contribution is 0.220. The summed E-state index contributed by atoms with van der Waals surface area (Å²) in [5, 5.41) is 3.41. The fourth-order valence-electron chi connectivity index (χ4n) is 2.46. The quantitative estimate of drug-likeness (QED) is 0.814. The van der Waals surface area contributed by atoms with E-state index in [9.17, 15) is 8.42 Å². The molecule has 1 N–H and O–H groups in total. The average molecular weight is 316 g/mol. The molecule has 2 heterocycles. The molecule has 0 spiro atoms. The molecule has 4 nitrogen and oxygen atoms in total. The molecule has 0 amide bonds. The molecule has 0 radical (unpaired) electrons. The molecule has 20 heavy (non-hydrogen) atoms. The lowest BCUT2D eigenvalue weighted by Gasteiger charge is -2.32. The van der Waals surface area contributed by atoms with Gasteiger partial charge in [-0.1, -0.05) is 6.92 Å². The maximum absolute atomic E-state index is 11.6. The molecule has 6 heteroatoms. The predicted molar refractivity (Wildman–Crippen MR) is 84.8 cm³/mol. The maximum Gasteiger partial charge on any atom is 0.153 e. The van der Waals surface area contributed by atoms with E-state index in [1.54, 1.807) is 0 Å². The minimum Gasteiger partial charge on any atom is -0.312 e. The second-order valence-electron chi connectivity index (χ2n) is 5.48. The van der Waals surface area contributed by atoms with E-state index in [1.807, 2.05) is 18.3 Å². The zero-order valence-electron chi connectivity index (χ0n) is 12.3. The van der Waals surface area contributed by atoms with Gasteiger partial charge in [0.2, 0.25) is 0 Å². The van der Waals surface area contributed by atoms with Gasteiger partial charge in [0.1, 0.15) is 0 Å². The van der Waals surface area contributed by atoms with E-state index in [0.29, 0.717) is 18.1 Å². The van der Waals surface area contributed by atoms with Crippen LogP contribution >= 0.6 is 11.3 Å². The van der Waals surface area contributed by atoms with Crippen molar-refractivity contribution in [3.63, 3.8) is 0 Å². The lowest BCUT2D eigenvalue weighted by atomic mass is 10.3. The number of thiophene rings is 1. The Labute approximate surface area is 126 Å². The van der Waals surface area contributed by atoms with Crippen molar-refractivity contribution in [3.8, 4) is 0 Å². The van der Waals surface area contributed by atoms with E-state index in [2.05, 4.69) is 29.3 Å². The third-order valence-electron chi connectivity index (χ3n) is 3.61. The maximum atomic E-state index is 11.6. The van der Waals surface area contributed by atoms with Crippen molar-refractivity contribution in [3.05, 3.63) is 21.9 Å². The molecule has 0 aliphatic carbocycles. The minimum atomic E-state index is -2.82. The Morgan fingerprint density at radius 1 is 1.40 bits per heavy atom. The van der Waals surface area contributed by atoms with Crippen LogP contribution in [0.5, 0.6) is 0 Å². The number of hydrogen-bond donors (Lipinski definition) is 1. The highest BCUT2D eigenvalue weighted by Crippen LogP contribution is 2.21. The standard InChI is InChI=1S/C14H24N2O2S2/c1-3-6-15-9-13-4-5-14(19-13)10-16-7-8-20(17,18)11-12(16)2/h4-5,12,15H,3,6-11H2,1-2H3. The fourth-order valence-corrected chi connectivity index (χ4v) is 5.10. The predicted octanol–water partition coefficient (Wildman–Crippen LogP) is 1.87. The average Bonchev–Trinajstić information content (AvgIpc) is 2.80. The first kappa shape index (κ1) is 15.9. The molecule has 0 saturated carbocycles. The van der Waals surface area contributed by atoms with Crippen molar-refractivity contribution in [2.45, 2.75) is 39.4 Å². The van der Waals surface area contributed by atoms with Gasteiger partial charge in [-0.2, -0.15) is 0 Å². The number of nitrogens with one attached hydrogen (secondary N) is 1. The molecule has 1 aromatic heterocycles. The topological polar surface area (TPSA) is 49.4 Å². The van der Waals surface area contributed by atoms with Gasteiger partial charge in [-0.25, -0.2) is 8.42 Å². The summed E-state index contributed by atoms with van der Waals surface area (Å²) in [7, 11) is -2.82. The smallest absolute Gasteiger partial charge is 0.153 e. The van der Waals surface area contributed by atoms with Crippen LogP contribution in [-0.2, 0) is 22.9 Å². The third kappa shape index (κ3) is 4.55. The molecule has 2 rings (SSSR count). The summed E-state index contributed by atoms with van der Waals surface area (Å²) in [6.07, 6.45) is 1.15. The summed E-state index contributed by atoms with van der Waals surface area (Å²) in [6.45, 7) is 7.68. The molecule has 0 aromatic carbocycles. The second kappa shape index (κ2) is 7.02. The third-order valence-corrected chi connectivity index (χ3v) is 6.48. The molecule has 1 atom stereocenters. The van der Waals surface area contributed by atoms with E-state index in [0.717, 1.165) is 26.1 Å². The molecule has 1 saturated heterocycles. The molecule has 1 aliphatic rings. The van der Waals surface area contributed by atoms with Crippen molar-refractivity contribution < 1.29 is 8.42 Å². The van der Waals surface area contributed by atoms with Crippen molar-refractivity contribution in [2.24, 2.45) is 0 Å². The van der Waals surface area contributed by atoms with Crippen molar-refractivity contribution in [1.29, 1.82) is 0 Å². The van der Waals surface area contributed by atoms with Crippen LogP contribution in [0, 0.1) is 0 Å². The van der Waals surface area contributed by atoms with E-state index < -0.39 is 9.84 Å². The Kier molecular flexibility index (Phi) is 5.60. The normalized spacial score (nSPS) is 23.0. The summed E-state index contributed by atoms with van der Waals surface area (Å²) in [5.41, 5.74) is 0. The van der Waals surface area contributed by atoms with E-state index in [1.165, 1.54) is 9.75 Å². The fraction of sp³-hybridized carbons (Fsp3) is 0.714. The Morgan fingerprint density at radius 2 is 2.15 bits per heavy atom. The summed E-state index contributed by atoms with van der Waals surface area (Å²) in [6, 6.07) is 4.47. The second-order valence-corrected chi connectivity index (χ2v) is 8.96. The summed E-state index contributed by atoms with van der Waals surface area (Å²) in [4.78, 5) is 4.95. The van der Waals surface area contributed by atoms with Crippen LogP contribution in [0.1, 0.15) is 30.0 Å². The van der Waals surface area contributed by atoms with Gasteiger partial charge in [0, 0.05) is 35.4 Å². The van der Waals surface area contributed by atoms with Gasteiger partial charge in [0.25, 0.3) is 0 Å². The first-order valence-electron chi connectivity index (χ1n) is 7.23. The highest BCUT2D eigenvalue weighted by molar-refractivity contribution is 7.91. The Balaban J connectivity index is 1.87. The molecule has 1 fully saturated rings. The van der Waals surface area contributed by atoms with Crippen molar-refractivity contribution >= 4 is 21.2 Å². The summed E-state index contributed by atoms with van der Waals surface area (Å²) in [5.74, 6) is 0.594. The molecule has 0 bridgehead atoms. The van der Waals surface area contributed by atoms with Gasteiger partial charge in [-0.05, 0) is 32.0 Å². The van der Waals surface area contributed by atoms with Crippen LogP contribution in [0.25, 0.3) is 0 Å². The van der Waals surface area contributed by atoms with Gasteiger partial charge < -0.3 is 5.32 Å². The Morgan fingerprint density at radius 3 is 2.85 bits per heavy atom. The van der Waals surface area contributed by atoms with E-state index >= 15 is 0 Å². The molecule has 1 unspecified atom stereocenters. The van der Waals surface area contributed by atoms with Gasteiger partial charge >= 0.3 is 0 Å². The number of nitrogens with zero attached hydrogens (tertiary/aromatic N) is 1. The largest absolute Gasteiger partial charge is 0.312 e. The van der Waals surface area contributed by atoms with Crippen LogP contribution in [0.3, 0.4) is 0 Å². The number of hydrogen-bond acceptors (Lipinski definition) is 5. The number of rotatable bonds is 6. The molecule has 1 aliphatic heterocycles. The van der Waals surface area contributed by atoms with E-state index in [-0.39, 0.29) is 6.04 Å². The van der Waals surface area contributed by atoms with Crippen LogP contribution in [0.15, 0.2) is 12.1 Å². The summed E-state index contributed by atoms with van der Waals surface area (Å²) >= 11 is 1.83. The Bertz CT molecular complexity index is 525. The monoisotopic (exact) mass is 316 g/mol. The van der Waals surface area contributed by atoms with E-state index in [4.69, 9.17) is 0 Å². The van der Waals surface area contributed by atoms with Gasteiger partial charge in [0.05, 0.1) is 11.5 Å². The van der Waals surface area contributed by atoms with Gasteiger partial charge in [-0.3, -0.25) is 4.90 Å². The number of sulfone groups is 1. The molecular formula is C14H24N2O2S2. The Hall–Kier alpha value is -0.430. The molecule has 114 valence electrons. The van der Waals surface area contributed by atoms with Crippen LogP contribution in [-0.4, -0.2) is 44.0 Å². The highest BCUT2D eigenvalue weighted by atomic mass is 32.2. The van der Waals surface area contributed by atoms with Crippen molar-refractivity contribution in [2.75, 3.05) is 24.6 Å². The van der Waals surface area contributed by atoms with Crippen LogP contribution in [0.2, 0.25) is 0 Å². The lowest BCUT2D eigenvalue weighted by Crippen LogP contribution is -2.46. The van der Waals surface area contributed by atoms with Gasteiger partial charge in [-0.15, -0.1) is 11.3 Å². The van der Waals surface area contributed by atoms with Gasteiger partial charge in [0.15, 0.2) is 9.84 Å². The van der Waals surface area contributed by atoms with Crippen LogP contribution < -0.4 is 5.32 Å². The highest BCUT2D eigenvalue weighted by Gasteiger charge is 2.28.